The second-order valence-electron chi connectivity index (χ2n) is 7.64. The number of para-hydroxylation sites is 1. The molecule has 2 aliphatic heterocycles. The fourth-order valence-corrected chi connectivity index (χ4v) is 4.33. The minimum atomic E-state index is -0.0281. The number of likely N-dealkylation sites (tertiary alicyclic amines) is 1. The van der Waals surface area contributed by atoms with Gasteiger partial charge in [-0.05, 0) is 49.7 Å². The van der Waals surface area contributed by atoms with Gasteiger partial charge in [0.2, 0.25) is 0 Å². The van der Waals surface area contributed by atoms with E-state index in [1.54, 1.807) is 7.11 Å². The molecule has 7 heteroatoms. The van der Waals surface area contributed by atoms with Crippen molar-refractivity contribution in [2.75, 3.05) is 39.8 Å². The van der Waals surface area contributed by atoms with Crippen molar-refractivity contribution in [1.82, 2.24) is 15.1 Å². The number of ether oxygens (including phenoxy) is 1. The zero-order valence-electron chi connectivity index (χ0n) is 17.4. The summed E-state index contributed by atoms with van der Waals surface area (Å²) in [5, 5.41) is 3.42. The fourth-order valence-electron chi connectivity index (χ4n) is 4.33. The molecular formula is C23H31Cl2N3O2. The Hall–Kier alpha value is -1.79. The first-order chi connectivity index (χ1) is 13.8. The lowest BCUT2D eigenvalue weighted by molar-refractivity contribution is 0.0631. The second-order valence-corrected chi connectivity index (χ2v) is 7.64. The molecule has 1 atom stereocenters. The van der Waals surface area contributed by atoms with E-state index in [1.807, 2.05) is 35.2 Å². The zero-order valence-corrected chi connectivity index (χ0v) is 19.0. The van der Waals surface area contributed by atoms with Crippen molar-refractivity contribution in [3.05, 3.63) is 65.2 Å². The maximum absolute atomic E-state index is 13.4. The molecule has 1 unspecified atom stereocenters. The lowest BCUT2D eigenvalue weighted by Gasteiger charge is -2.37. The second kappa shape index (κ2) is 11.6. The van der Waals surface area contributed by atoms with Gasteiger partial charge in [-0.15, -0.1) is 24.8 Å². The number of nitrogens with zero attached hydrogens (tertiary/aromatic N) is 2. The summed E-state index contributed by atoms with van der Waals surface area (Å²) < 4.78 is 5.55. The van der Waals surface area contributed by atoms with E-state index in [0.29, 0.717) is 6.54 Å². The maximum atomic E-state index is 13.4. The molecule has 2 heterocycles. The van der Waals surface area contributed by atoms with Crippen molar-refractivity contribution in [3.8, 4) is 5.75 Å². The van der Waals surface area contributed by atoms with E-state index >= 15 is 0 Å². The summed E-state index contributed by atoms with van der Waals surface area (Å²) in [6.07, 6.45) is 2.56. The molecule has 164 valence electrons. The first-order valence-corrected chi connectivity index (χ1v) is 10.2. The van der Waals surface area contributed by atoms with Gasteiger partial charge in [-0.3, -0.25) is 9.69 Å². The molecule has 0 bridgehead atoms. The molecule has 0 aromatic heterocycles. The summed E-state index contributed by atoms with van der Waals surface area (Å²) >= 11 is 0. The van der Waals surface area contributed by atoms with Crippen molar-refractivity contribution >= 4 is 30.7 Å². The van der Waals surface area contributed by atoms with Gasteiger partial charge in [0.1, 0.15) is 5.75 Å². The van der Waals surface area contributed by atoms with Gasteiger partial charge in [-0.25, -0.2) is 0 Å². The normalized spacial score (nSPS) is 19.0. The molecule has 0 radical (unpaired) electrons. The number of hydrogen-bond donors (Lipinski definition) is 1. The van der Waals surface area contributed by atoms with E-state index in [-0.39, 0.29) is 36.8 Å². The highest BCUT2D eigenvalue weighted by Crippen LogP contribution is 2.31. The number of amides is 1. The van der Waals surface area contributed by atoms with Gasteiger partial charge in [-0.2, -0.15) is 0 Å². The van der Waals surface area contributed by atoms with Gasteiger partial charge < -0.3 is 15.0 Å². The summed E-state index contributed by atoms with van der Waals surface area (Å²) in [5.41, 5.74) is 3.05. The minimum Gasteiger partial charge on any atom is -0.496 e. The van der Waals surface area contributed by atoms with Crippen LogP contribution >= 0.6 is 24.8 Å². The number of carbonyl (C=O) groups is 1. The Kier molecular flexibility index (Phi) is 9.43. The van der Waals surface area contributed by atoms with Crippen LogP contribution in [0.5, 0.6) is 5.75 Å². The third-order valence-electron chi connectivity index (χ3n) is 5.78. The predicted octanol–water partition coefficient (Wildman–Crippen LogP) is 3.92. The van der Waals surface area contributed by atoms with Gasteiger partial charge in [0, 0.05) is 37.3 Å². The smallest absolute Gasteiger partial charge is 0.254 e. The molecule has 0 aliphatic carbocycles. The van der Waals surface area contributed by atoms with Crippen LogP contribution in [-0.4, -0.2) is 55.5 Å². The molecule has 2 aliphatic rings. The number of piperazine rings is 1. The molecule has 2 fully saturated rings. The fraction of sp³-hybridized carbons (Fsp3) is 0.435. The van der Waals surface area contributed by atoms with Crippen molar-refractivity contribution in [2.24, 2.45) is 0 Å². The van der Waals surface area contributed by atoms with Crippen LogP contribution in [-0.2, 0) is 6.54 Å². The Balaban J connectivity index is 0.00000160. The van der Waals surface area contributed by atoms with Crippen LogP contribution < -0.4 is 10.1 Å². The SMILES string of the molecule is COc1ccccc1C1CNCCN1C(=O)c1cccc(CN2CCCC2)c1.Cl.Cl. The van der Waals surface area contributed by atoms with Crippen molar-refractivity contribution < 1.29 is 9.53 Å². The summed E-state index contributed by atoms with van der Waals surface area (Å²) in [7, 11) is 1.68. The topological polar surface area (TPSA) is 44.8 Å². The van der Waals surface area contributed by atoms with E-state index in [1.165, 1.54) is 18.4 Å². The summed E-state index contributed by atoms with van der Waals surface area (Å²) in [6, 6.07) is 16.1. The molecule has 30 heavy (non-hydrogen) atoms. The van der Waals surface area contributed by atoms with Gasteiger partial charge >= 0.3 is 0 Å². The maximum Gasteiger partial charge on any atom is 0.254 e. The molecule has 2 aromatic carbocycles. The van der Waals surface area contributed by atoms with Gasteiger partial charge in [-0.1, -0.05) is 30.3 Å². The Morgan fingerprint density at radius 3 is 2.60 bits per heavy atom. The standard InChI is InChI=1S/C23H29N3O2.2ClH/c1-28-22-10-3-2-9-20(22)21-16-24-11-14-26(21)23(27)19-8-6-7-18(15-19)17-25-12-4-5-13-25;;/h2-3,6-10,15,21,24H,4-5,11-14,16-17H2,1H3;2*1H. The van der Waals surface area contributed by atoms with Crippen LogP contribution in [0.15, 0.2) is 48.5 Å². The van der Waals surface area contributed by atoms with E-state index < -0.39 is 0 Å². The first kappa shape index (κ1) is 24.5. The highest BCUT2D eigenvalue weighted by molar-refractivity contribution is 5.94. The van der Waals surface area contributed by atoms with E-state index in [0.717, 1.165) is 49.6 Å². The van der Waals surface area contributed by atoms with Crippen LogP contribution in [0, 0.1) is 0 Å². The average molecular weight is 452 g/mol. The van der Waals surface area contributed by atoms with Gasteiger partial charge in [0.25, 0.3) is 5.91 Å². The molecule has 0 spiro atoms. The summed E-state index contributed by atoms with van der Waals surface area (Å²) in [5.74, 6) is 0.928. The van der Waals surface area contributed by atoms with Crippen LogP contribution in [0.1, 0.15) is 40.4 Å². The molecule has 4 rings (SSSR count). The Morgan fingerprint density at radius 1 is 1.07 bits per heavy atom. The highest BCUT2D eigenvalue weighted by atomic mass is 35.5. The molecule has 2 saturated heterocycles. The third kappa shape index (κ3) is 5.46. The number of benzene rings is 2. The van der Waals surface area contributed by atoms with E-state index in [2.05, 4.69) is 28.4 Å². The summed E-state index contributed by atoms with van der Waals surface area (Å²) in [4.78, 5) is 17.9. The molecule has 2 aromatic rings. The van der Waals surface area contributed by atoms with Gasteiger partial charge in [0.05, 0.1) is 13.2 Å². The first-order valence-electron chi connectivity index (χ1n) is 10.2. The van der Waals surface area contributed by atoms with E-state index in [9.17, 15) is 4.79 Å². The van der Waals surface area contributed by atoms with Crippen LogP contribution in [0.3, 0.4) is 0 Å². The predicted molar refractivity (Wildman–Crippen MR) is 125 cm³/mol. The van der Waals surface area contributed by atoms with Crippen molar-refractivity contribution in [3.63, 3.8) is 0 Å². The monoisotopic (exact) mass is 451 g/mol. The van der Waals surface area contributed by atoms with Crippen LogP contribution in [0.4, 0.5) is 0 Å². The molecular weight excluding hydrogens is 421 g/mol. The lowest BCUT2D eigenvalue weighted by Crippen LogP contribution is -2.48. The third-order valence-corrected chi connectivity index (χ3v) is 5.78. The molecule has 0 saturated carbocycles. The molecule has 1 amide bonds. The molecule has 1 N–H and O–H groups in total. The van der Waals surface area contributed by atoms with E-state index in [4.69, 9.17) is 4.74 Å². The quantitative estimate of drug-likeness (QED) is 0.747. The van der Waals surface area contributed by atoms with Crippen molar-refractivity contribution in [1.29, 1.82) is 0 Å². The number of halogens is 2. The Bertz CT molecular complexity index is 828. The lowest BCUT2D eigenvalue weighted by atomic mass is 10.0. The summed E-state index contributed by atoms with van der Waals surface area (Å²) in [6.45, 7) is 5.48. The number of nitrogens with one attached hydrogen (secondary N) is 1. The van der Waals surface area contributed by atoms with Gasteiger partial charge in [0.15, 0.2) is 0 Å². The highest BCUT2D eigenvalue weighted by Gasteiger charge is 2.30. The zero-order chi connectivity index (χ0) is 19.3. The number of methoxy groups -OCH3 is 1. The largest absolute Gasteiger partial charge is 0.496 e. The number of hydrogen-bond acceptors (Lipinski definition) is 4. The Labute approximate surface area is 191 Å². The van der Waals surface area contributed by atoms with Crippen LogP contribution in [0.25, 0.3) is 0 Å². The Morgan fingerprint density at radius 2 is 1.83 bits per heavy atom. The minimum absolute atomic E-state index is 0. The number of carbonyl (C=O) groups excluding carboxylic acids is 1. The number of rotatable bonds is 5. The molecule has 5 nitrogen and oxygen atoms in total. The average Bonchev–Trinajstić information content (AvgIpc) is 3.26. The van der Waals surface area contributed by atoms with Crippen LogP contribution in [0.2, 0.25) is 0 Å². The van der Waals surface area contributed by atoms with Crippen molar-refractivity contribution in [2.45, 2.75) is 25.4 Å².